The lowest BCUT2D eigenvalue weighted by atomic mass is 9.95. The van der Waals surface area contributed by atoms with Gasteiger partial charge in [-0.15, -0.1) is 0 Å². The van der Waals surface area contributed by atoms with Gasteiger partial charge in [-0.25, -0.2) is 0 Å². The van der Waals surface area contributed by atoms with Crippen LogP contribution in [0.1, 0.15) is 24.0 Å². The first kappa shape index (κ1) is 18.3. The van der Waals surface area contributed by atoms with Crippen molar-refractivity contribution < 1.29 is 22.8 Å². The van der Waals surface area contributed by atoms with Crippen LogP contribution in [-0.4, -0.2) is 42.5 Å². The Labute approximate surface area is 139 Å². The maximum atomic E-state index is 12.4. The van der Waals surface area contributed by atoms with E-state index in [1.54, 1.807) is 0 Å². The van der Waals surface area contributed by atoms with E-state index in [9.17, 15) is 22.8 Å². The fraction of sp³-hybridized carbons (Fsp3) is 0.529. The second-order valence-electron chi connectivity index (χ2n) is 6.09. The molecule has 7 heteroatoms. The van der Waals surface area contributed by atoms with E-state index in [0.29, 0.717) is 13.0 Å². The number of nitrogens with zero attached hydrogens (tertiary/aromatic N) is 1. The number of carbonyl (C=O) groups excluding carboxylic acids is 2. The van der Waals surface area contributed by atoms with Gasteiger partial charge < -0.3 is 10.2 Å². The van der Waals surface area contributed by atoms with E-state index in [4.69, 9.17) is 0 Å². The van der Waals surface area contributed by atoms with Crippen LogP contribution in [0, 0.1) is 12.8 Å². The van der Waals surface area contributed by atoms with E-state index in [0.717, 1.165) is 10.5 Å². The number of hydrogen-bond donors (Lipinski definition) is 1. The van der Waals surface area contributed by atoms with Crippen molar-refractivity contribution in [2.45, 2.75) is 32.4 Å². The van der Waals surface area contributed by atoms with Crippen LogP contribution in [0.25, 0.3) is 0 Å². The van der Waals surface area contributed by atoms with Gasteiger partial charge in [-0.1, -0.05) is 29.8 Å². The molecule has 1 N–H and O–H groups in total. The maximum Gasteiger partial charge on any atom is 0.471 e. The summed E-state index contributed by atoms with van der Waals surface area (Å²) in [6, 6.07) is 8.01. The molecule has 1 saturated heterocycles. The molecule has 1 aliphatic rings. The van der Waals surface area contributed by atoms with E-state index in [-0.39, 0.29) is 37.8 Å². The third-order valence-corrected chi connectivity index (χ3v) is 4.23. The zero-order valence-electron chi connectivity index (χ0n) is 13.5. The van der Waals surface area contributed by atoms with Crippen molar-refractivity contribution >= 4 is 11.8 Å². The van der Waals surface area contributed by atoms with E-state index in [2.05, 4.69) is 5.32 Å². The number of hydrogen-bond acceptors (Lipinski definition) is 2. The van der Waals surface area contributed by atoms with E-state index in [1.165, 1.54) is 5.56 Å². The summed E-state index contributed by atoms with van der Waals surface area (Å²) >= 11 is 0. The second-order valence-corrected chi connectivity index (χ2v) is 6.09. The van der Waals surface area contributed by atoms with Gasteiger partial charge in [0.2, 0.25) is 5.91 Å². The van der Waals surface area contributed by atoms with Crippen LogP contribution < -0.4 is 5.32 Å². The smallest absolute Gasteiger partial charge is 0.356 e. The number of benzene rings is 1. The van der Waals surface area contributed by atoms with Crippen LogP contribution in [0.4, 0.5) is 13.2 Å². The van der Waals surface area contributed by atoms with Crippen molar-refractivity contribution in [1.82, 2.24) is 10.2 Å². The molecule has 0 radical (unpaired) electrons. The van der Waals surface area contributed by atoms with Crippen LogP contribution in [0.2, 0.25) is 0 Å². The summed E-state index contributed by atoms with van der Waals surface area (Å²) < 4.78 is 37.1. The summed E-state index contributed by atoms with van der Waals surface area (Å²) in [6.45, 7) is 2.42. The molecule has 24 heavy (non-hydrogen) atoms. The average Bonchev–Trinajstić information content (AvgIpc) is 2.55. The minimum Gasteiger partial charge on any atom is -0.356 e. The van der Waals surface area contributed by atoms with Gasteiger partial charge in [0.25, 0.3) is 0 Å². The van der Waals surface area contributed by atoms with E-state index in [1.807, 2.05) is 31.2 Å². The van der Waals surface area contributed by atoms with E-state index < -0.39 is 12.1 Å². The van der Waals surface area contributed by atoms with Gasteiger partial charge in [-0.05, 0) is 31.7 Å². The number of piperidine rings is 1. The fourth-order valence-corrected chi connectivity index (χ4v) is 2.75. The number of rotatable bonds is 4. The van der Waals surface area contributed by atoms with Gasteiger partial charge in [0.15, 0.2) is 0 Å². The maximum absolute atomic E-state index is 12.4. The molecule has 0 aliphatic carbocycles. The zero-order valence-corrected chi connectivity index (χ0v) is 13.5. The highest BCUT2D eigenvalue weighted by atomic mass is 19.4. The summed E-state index contributed by atoms with van der Waals surface area (Å²) in [5, 5.41) is 2.83. The molecular weight excluding hydrogens is 321 g/mol. The van der Waals surface area contributed by atoms with Gasteiger partial charge in [0, 0.05) is 25.6 Å². The van der Waals surface area contributed by atoms with Crippen LogP contribution in [-0.2, 0) is 16.0 Å². The Balaban J connectivity index is 1.73. The van der Waals surface area contributed by atoms with Crippen molar-refractivity contribution in [3.05, 3.63) is 35.4 Å². The van der Waals surface area contributed by atoms with Gasteiger partial charge in [0.1, 0.15) is 0 Å². The highest BCUT2D eigenvalue weighted by molar-refractivity contribution is 5.83. The topological polar surface area (TPSA) is 49.4 Å². The number of halogens is 3. The Morgan fingerprint density at radius 1 is 1.17 bits per heavy atom. The lowest BCUT2D eigenvalue weighted by Gasteiger charge is -2.31. The number of likely N-dealkylation sites (tertiary alicyclic amines) is 1. The zero-order chi connectivity index (χ0) is 17.7. The molecule has 4 nitrogen and oxygen atoms in total. The van der Waals surface area contributed by atoms with Crippen molar-refractivity contribution in [2.24, 2.45) is 5.92 Å². The monoisotopic (exact) mass is 342 g/mol. The number of nitrogens with one attached hydrogen (secondary N) is 1. The molecule has 2 rings (SSSR count). The summed E-state index contributed by atoms with van der Waals surface area (Å²) in [6.07, 6.45) is -3.61. The van der Waals surface area contributed by atoms with Gasteiger partial charge in [-0.3, -0.25) is 9.59 Å². The molecule has 0 aromatic heterocycles. The highest BCUT2D eigenvalue weighted by Gasteiger charge is 2.43. The Morgan fingerprint density at radius 2 is 1.75 bits per heavy atom. The predicted octanol–water partition coefficient (Wildman–Crippen LogP) is 2.45. The average molecular weight is 342 g/mol. The van der Waals surface area contributed by atoms with Crippen molar-refractivity contribution in [3.8, 4) is 0 Å². The molecule has 1 aliphatic heterocycles. The summed E-state index contributed by atoms with van der Waals surface area (Å²) in [5.74, 6) is -2.30. The first-order chi connectivity index (χ1) is 11.3. The van der Waals surface area contributed by atoms with Crippen molar-refractivity contribution in [1.29, 1.82) is 0 Å². The normalized spacial score (nSPS) is 16.1. The number of aryl methyl sites for hydroxylation is 1. The summed E-state index contributed by atoms with van der Waals surface area (Å²) in [5.41, 5.74) is 2.29. The minimum absolute atomic E-state index is 0.0333. The predicted molar refractivity (Wildman–Crippen MR) is 83.3 cm³/mol. The minimum atomic E-state index is -4.84. The molecule has 0 saturated carbocycles. The molecular formula is C17H21F3N2O2. The summed E-state index contributed by atoms with van der Waals surface area (Å²) in [4.78, 5) is 24.0. The van der Waals surface area contributed by atoms with Crippen LogP contribution in [0.5, 0.6) is 0 Å². The first-order valence-corrected chi connectivity index (χ1v) is 7.96. The Morgan fingerprint density at radius 3 is 2.29 bits per heavy atom. The molecule has 2 amide bonds. The quantitative estimate of drug-likeness (QED) is 0.914. The number of carbonyl (C=O) groups is 2. The molecule has 0 atom stereocenters. The Kier molecular flexibility index (Phi) is 5.85. The molecule has 1 fully saturated rings. The number of alkyl halides is 3. The van der Waals surface area contributed by atoms with Crippen LogP contribution in [0.3, 0.4) is 0 Å². The van der Waals surface area contributed by atoms with Gasteiger partial charge >= 0.3 is 12.1 Å². The molecule has 1 aromatic rings. The first-order valence-electron chi connectivity index (χ1n) is 7.96. The fourth-order valence-electron chi connectivity index (χ4n) is 2.75. The SMILES string of the molecule is Cc1ccc(CCNC(=O)C2CCN(C(=O)C(F)(F)F)CC2)cc1. The van der Waals surface area contributed by atoms with Gasteiger partial charge in [0.05, 0.1) is 0 Å². The van der Waals surface area contributed by atoms with Crippen LogP contribution >= 0.6 is 0 Å². The number of amides is 2. The molecule has 0 bridgehead atoms. The molecule has 132 valence electrons. The third-order valence-electron chi connectivity index (χ3n) is 4.23. The standard InChI is InChI=1S/C17H21F3N2O2/c1-12-2-4-13(5-3-12)6-9-21-15(23)14-7-10-22(11-8-14)16(24)17(18,19)20/h2-5,14H,6-11H2,1H3,(H,21,23). The Hall–Kier alpha value is -2.05. The highest BCUT2D eigenvalue weighted by Crippen LogP contribution is 2.23. The second kappa shape index (κ2) is 7.68. The third kappa shape index (κ3) is 4.97. The molecule has 0 spiro atoms. The molecule has 1 heterocycles. The lowest BCUT2D eigenvalue weighted by molar-refractivity contribution is -0.186. The molecule has 0 unspecified atom stereocenters. The van der Waals surface area contributed by atoms with Crippen molar-refractivity contribution in [2.75, 3.05) is 19.6 Å². The van der Waals surface area contributed by atoms with Crippen LogP contribution in [0.15, 0.2) is 24.3 Å². The summed E-state index contributed by atoms with van der Waals surface area (Å²) in [7, 11) is 0. The largest absolute Gasteiger partial charge is 0.471 e. The van der Waals surface area contributed by atoms with E-state index >= 15 is 0 Å². The lowest BCUT2D eigenvalue weighted by Crippen LogP contribution is -2.47. The Bertz CT molecular complexity index is 576. The van der Waals surface area contributed by atoms with Gasteiger partial charge in [-0.2, -0.15) is 13.2 Å². The molecule has 1 aromatic carbocycles. The van der Waals surface area contributed by atoms with Crippen molar-refractivity contribution in [3.63, 3.8) is 0 Å².